The van der Waals surface area contributed by atoms with Crippen LogP contribution in [-0.2, 0) is 11.2 Å². The highest BCUT2D eigenvalue weighted by atomic mass is 35.5. The van der Waals surface area contributed by atoms with E-state index >= 15 is 0 Å². The van der Waals surface area contributed by atoms with Gasteiger partial charge in [0.05, 0.1) is 6.42 Å². The molecule has 2 aromatic carbocycles. The van der Waals surface area contributed by atoms with E-state index in [0.717, 1.165) is 5.69 Å². The van der Waals surface area contributed by atoms with E-state index in [9.17, 15) is 9.18 Å². The van der Waals surface area contributed by atoms with Crippen LogP contribution in [0.5, 0.6) is 0 Å². The van der Waals surface area contributed by atoms with Crippen LogP contribution in [0.25, 0.3) is 0 Å². The van der Waals surface area contributed by atoms with Gasteiger partial charge < -0.3 is 10.6 Å². The zero-order valence-electron chi connectivity index (χ0n) is 13.0. The Bertz CT molecular complexity index is 852. The molecule has 0 bridgehead atoms. The molecule has 0 aliphatic rings. The summed E-state index contributed by atoms with van der Waals surface area (Å²) in [6, 6.07) is 16.3. The minimum atomic E-state index is -0.334. The Balaban J connectivity index is 1.57. The number of nitrogens with one attached hydrogen (secondary N) is 2. The molecule has 0 unspecified atom stereocenters. The van der Waals surface area contributed by atoms with Crippen LogP contribution in [0.1, 0.15) is 5.56 Å². The van der Waals surface area contributed by atoms with E-state index in [2.05, 4.69) is 20.8 Å². The van der Waals surface area contributed by atoms with E-state index in [4.69, 9.17) is 11.6 Å². The zero-order chi connectivity index (χ0) is 17.6. The number of rotatable bonds is 5. The second-order valence-corrected chi connectivity index (χ2v) is 5.72. The summed E-state index contributed by atoms with van der Waals surface area (Å²) < 4.78 is 12.9. The summed E-state index contributed by atoms with van der Waals surface area (Å²) in [6.45, 7) is 0. The predicted octanol–water partition coefficient (Wildman–Crippen LogP) is 4.19. The molecule has 126 valence electrons. The highest BCUT2D eigenvalue weighted by Gasteiger charge is 2.06. The molecule has 0 aliphatic carbocycles. The standard InChI is InChI=1S/C18H14ClFN4O/c19-13-3-7-15(8-4-13)21-16-9-10-17(24-23-16)22-18(25)11-12-1-5-14(20)6-2-12/h1-10H,11H2,(H,21,23)(H,22,24,25). The first-order valence-electron chi connectivity index (χ1n) is 7.49. The van der Waals surface area contributed by atoms with Crippen LogP contribution < -0.4 is 10.6 Å². The Morgan fingerprint density at radius 2 is 1.56 bits per heavy atom. The molecule has 25 heavy (non-hydrogen) atoms. The molecule has 0 fully saturated rings. The molecule has 3 aromatic rings. The minimum absolute atomic E-state index is 0.132. The minimum Gasteiger partial charge on any atom is -0.339 e. The van der Waals surface area contributed by atoms with Crippen LogP contribution in [0.4, 0.5) is 21.7 Å². The number of hydrogen-bond acceptors (Lipinski definition) is 4. The Kier molecular flexibility index (Phi) is 5.20. The Labute approximate surface area is 148 Å². The summed E-state index contributed by atoms with van der Waals surface area (Å²) in [5, 5.41) is 14.3. The van der Waals surface area contributed by atoms with Gasteiger partial charge in [-0.25, -0.2) is 4.39 Å². The van der Waals surface area contributed by atoms with Crippen molar-refractivity contribution in [3.05, 3.63) is 77.1 Å². The molecule has 5 nitrogen and oxygen atoms in total. The molecule has 0 atom stereocenters. The summed E-state index contributed by atoms with van der Waals surface area (Å²) in [4.78, 5) is 12.0. The van der Waals surface area contributed by atoms with Gasteiger partial charge in [-0.05, 0) is 54.1 Å². The predicted molar refractivity (Wildman–Crippen MR) is 95.5 cm³/mol. The highest BCUT2D eigenvalue weighted by Crippen LogP contribution is 2.17. The lowest BCUT2D eigenvalue weighted by molar-refractivity contribution is -0.115. The van der Waals surface area contributed by atoms with Crippen LogP contribution in [0.3, 0.4) is 0 Å². The average Bonchev–Trinajstić information content (AvgIpc) is 2.61. The second-order valence-electron chi connectivity index (χ2n) is 5.29. The van der Waals surface area contributed by atoms with Crippen LogP contribution in [0, 0.1) is 5.82 Å². The van der Waals surface area contributed by atoms with Crippen molar-refractivity contribution in [1.29, 1.82) is 0 Å². The van der Waals surface area contributed by atoms with Crippen LogP contribution in [0.15, 0.2) is 60.7 Å². The van der Waals surface area contributed by atoms with E-state index in [-0.39, 0.29) is 18.1 Å². The van der Waals surface area contributed by atoms with E-state index < -0.39 is 0 Å². The van der Waals surface area contributed by atoms with E-state index in [0.29, 0.717) is 22.2 Å². The van der Waals surface area contributed by atoms with Crippen molar-refractivity contribution in [2.24, 2.45) is 0 Å². The van der Waals surface area contributed by atoms with Gasteiger partial charge in [0.15, 0.2) is 11.6 Å². The lowest BCUT2D eigenvalue weighted by Gasteiger charge is -2.07. The molecule has 1 aromatic heterocycles. The Morgan fingerprint density at radius 1 is 0.920 bits per heavy atom. The number of aromatic nitrogens is 2. The number of carbonyl (C=O) groups excluding carboxylic acids is 1. The maximum Gasteiger partial charge on any atom is 0.229 e. The topological polar surface area (TPSA) is 66.9 Å². The van der Waals surface area contributed by atoms with Crippen molar-refractivity contribution in [3.8, 4) is 0 Å². The van der Waals surface area contributed by atoms with Gasteiger partial charge in [-0.2, -0.15) is 0 Å². The van der Waals surface area contributed by atoms with Gasteiger partial charge in [-0.15, -0.1) is 10.2 Å². The third-order valence-corrected chi connectivity index (χ3v) is 3.58. The molecule has 0 aliphatic heterocycles. The molecule has 0 saturated carbocycles. The first-order chi connectivity index (χ1) is 12.1. The quantitative estimate of drug-likeness (QED) is 0.719. The lowest BCUT2D eigenvalue weighted by atomic mass is 10.1. The van der Waals surface area contributed by atoms with Crippen molar-refractivity contribution < 1.29 is 9.18 Å². The normalized spacial score (nSPS) is 10.3. The number of amides is 1. The molecule has 1 amide bonds. The molecule has 7 heteroatoms. The summed E-state index contributed by atoms with van der Waals surface area (Å²) in [6.07, 6.45) is 0.132. The van der Waals surface area contributed by atoms with Gasteiger partial charge in [0.25, 0.3) is 0 Å². The molecular weight excluding hydrogens is 343 g/mol. The SMILES string of the molecule is O=C(Cc1ccc(F)cc1)Nc1ccc(Nc2ccc(Cl)cc2)nn1. The maximum absolute atomic E-state index is 12.9. The molecule has 0 radical (unpaired) electrons. The first-order valence-corrected chi connectivity index (χ1v) is 7.87. The fourth-order valence-corrected chi connectivity index (χ4v) is 2.25. The van der Waals surface area contributed by atoms with E-state index in [1.54, 1.807) is 36.4 Å². The third-order valence-electron chi connectivity index (χ3n) is 3.33. The molecule has 0 spiro atoms. The number of halogens is 2. The Morgan fingerprint density at radius 3 is 2.20 bits per heavy atom. The largest absolute Gasteiger partial charge is 0.339 e. The number of nitrogens with zero attached hydrogens (tertiary/aromatic N) is 2. The van der Waals surface area contributed by atoms with Gasteiger partial charge in [0, 0.05) is 10.7 Å². The molecular formula is C18H14ClFN4O. The van der Waals surface area contributed by atoms with Crippen molar-refractivity contribution in [3.63, 3.8) is 0 Å². The van der Waals surface area contributed by atoms with Crippen molar-refractivity contribution >= 4 is 34.8 Å². The van der Waals surface area contributed by atoms with Gasteiger partial charge in [0.1, 0.15) is 5.82 Å². The van der Waals surface area contributed by atoms with Gasteiger partial charge in [0.2, 0.25) is 5.91 Å². The molecule has 2 N–H and O–H groups in total. The second kappa shape index (κ2) is 7.72. The number of benzene rings is 2. The van der Waals surface area contributed by atoms with E-state index in [1.807, 2.05) is 12.1 Å². The summed E-state index contributed by atoms with van der Waals surface area (Å²) in [5.41, 5.74) is 1.54. The van der Waals surface area contributed by atoms with Crippen LogP contribution in [0.2, 0.25) is 5.02 Å². The fourth-order valence-electron chi connectivity index (χ4n) is 2.12. The van der Waals surface area contributed by atoms with Crippen molar-refractivity contribution in [2.45, 2.75) is 6.42 Å². The van der Waals surface area contributed by atoms with Crippen LogP contribution >= 0.6 is 11.6 Å². The van der Waals surface area contributed by atoms with Crippen molar-refractivity contribution in [2.75, 3.05) is 10.6 Å². The summed E-state index contributed by atoms with van der Waals surface area (Å²) >= 11 is 5.84. The third kappa shape index (κ3) is 4.99. The maximum atomic E-state index is 12.9. The highest BCUT2D eigenvalue weighted by molar-refractivity contribution is 6.30. The van der Waals surface area contributed by atoms with Gasteiger partial charge >= 0.3 is 0 Å². The fraction of sp³-hybridized carbons (Fsp3) is 0.0556. The van der Waals surface area contributed by atoms with Gasteiger partial charge in [-0.1, -0.05) is 23.7 Å². The monoisotopic (exact) mass is 356 g/mol. The number of anilines is 3. The van der Waals surface area contributed by atoms with Gasteiger partial charge in [-0.3, -0.25) is 4.79 Å². The van der Waals surface area contributed by atoms with Crippen LogP contribution in [-0.4, -0.2) is 16.1 Å². The molecule has 1 heterocycles. The Hall–Kier alpha value is -2.99. The number of hydrogen-bond donors (Lipinski definition) is 2. The van der Waals surface area contributed by atoms with Crippen molar-refractivity contribution in [1.82, 2.24) is 10.2 Å². The first kappa shape index (κ1) is 16.9. The summed E-state index contributed by atoms with van der Waals surface area (Å²) in [7, 11) is 0. The molecule has 3 rings (SSSR count). The summed E-state index contributed by atoms with van der Waals surface area (Å²) in [5.74, 6) is 0.297. The van der Waals surface area contributed by atoms with E-state index in [1.165, 1.54) is 12.1 Å². The molecule has 0 saturated heterocycles. The number of carbonyl (C=O) groups is 1. The smallest absolute Gasteiger partial charge is 0.229 e. The zero-order valence-corrected chi connectivity index (χ0v) is 13.8. The average molecular weight is 357 g/mol. The lowest BCUT2D eigenvalue weighted by Crippen LogP contribution is -2.15.